The molecule has 0 bridgehead atoms. The molecule has 4 rings (SSSR count). The minimum Gasteiger partial charge on any atom is -0.283 e. The molecule has 2 aromatic heterocycles. The topological polar surface area (TPSA) is 64.3 Å². The maximum atomic E-state index is 12.5. The van der Waals surface area contributed by atoms with Crippen LogP contribution in [0, 0.1) is 6.92 Å². The standard InChI is InChI=1S/C22H20ClN3O2S/c1-3-13-29(27,28)19-10-9-17(14-18(19)23)21-20(16-7-5-15(2)6-8-16)25-22-24-11-4-12-26(21)22/h4-12,14H,3,13H2,1-2H3. The van der Waals surface area contributed by atoms with E-state index in [1.54, 1.807) is 24.4 Å². The van der Waals surface area contributed by atoms with E-state index in [0.29, 0.717) is 12.2 Å². The Bertz CT molecular complexity index is 1300. The number of aryl methyl sites for hydroxylation is 1. The summed E-state index contributed by atoms with van der Waals surface area (Å²) in [4.78, 5) is 9.23. The molecule has 2 heterocycles. The largest absolute Gasteiger partial charge is 0.283 e. The molecule has 0 aliphatic rings. The molecule has 5 nitrogen and oxygen atoms in total. The molecule has 0 unspecified atom stereocenters. The summed E-state index contributed by atoms with van der Waals surface area (Å²) in [5.74, 6) is 0.636. The summed E-state index contributed by atoms with van der Waals surface area (Å²) in [6, 6.07) is 15.0. The van der Waals surface area contributed by atoms with Crippen LogP contribution in [-0.2, 0) is 9.84 Å². The molecule has 2 aromatic carbocycles. The Kier molecular flexibility index (Phi) is 5.15. The van der Waals surface area contributed by atoms with Gasteiger partial charge in [-0.05, 0) is 31.5 Å². The van der Waals surface area contributed by atoms with Crippen molar-refractivity contribution in [2.24, 2.45) is 0 Å². The lowest BCUT2D eigenvalue weighted by Gasteiger charge is -2.10. The number of halogens is 1. The summed E-state index contributed by atoms with van der Waals surface area (Å²) in [6.07, 6.45) is 4.12. The van der Waals surface area contributed by atoms with E-state index in [4.69, 9.17) is 16.6 Å². The number of imidazole rings is 1. The predicted molar refractivity (Wildman–Crippen MR) is 116 cm³/mol. The van der Waals surface area contributed by atoms with Crippen molar-refractivity contribution in [2.75, 3.05) is 5.75 Å². The summed E-state index contributed by atoms with van der Waals surface area (Å²) in [5, 5.41) is 0.213. The van der Waals surface area contributed by atoms with Gasteiger partial charge >= 0.3 is 0 Å². The molecule has 0 radical (unpaired) electrons. The van der Waals surface area contributed by atoms with E-state index in [-0.39, 0.29) is 15.7 Å². The Morgan fingerprint density at radius 1 is 1.07 bits per heavy atom. The van der Waals surface area contributed by atoms with Crippen LogP contribution in [0.2, 0.25) is 5.02 Å². The SMILES string of the molecule is CCCS(=O)(=O)c1ccc(-c2c(-c3ccc(C)cc3)nc3ncccn23)cc1Cl. The van der Waals surface area contributed by atoms with Crippen LogP contribution >= 0.6 is 11.6 Å². The van der Waals surface area contributed by atoms with Gasteiger partial charge in [0, 0.05) is 23.5 Å². The third-order valence-electron chi connectivity index (χ3n) is 4.74. The first-order valence-electron chi connectivity index (χ1n) is 9.33. The zero-order valence-electron chi connectivity index (χ0n) is 16.1. The van der Waals surface area contributed by atoms with E-state index in [1.165, 1.54) is 0 Å². The predicted octanol–water partition coefficient (Wildman–Crippen LogP) is 5.21. The molecule has 0 N–H and O–H groups in total. The lowest BCUT2D eigenvalue weighted by Crippen LogP contribution is -2.06. The van der Waals surface area contributed by atoms with Crippen LogP contribution in [0.1, 0.15) is 18.9 Å². The van der Waals surface area contributed by atoms with Crippen LogP contribution in [0.5, 0.6) is 0 Å². The van der Waals surface area contributed by atoms with Crippen LogP contribution < -0.4 is 0 Å². The van der Waals surface area contributed by atoms with Crippen molar-refractivity contribution in [3.05, 3.63) is 71.5 Å². The molecule has 0 saturated carbocycles. The third kappa shape index (κ3) is 3.66. The van der Waals surface area contributed by atoms with Gasteiger partial charge in [-0.3, -0.25) is 4.40 Å². The quantitative estimate of drug-likeness (QED) is 0.440. The molecular weight excluding hydrogens is 406 g/mol. The smallest absolute Gasteiger partial charge is 0.234 e. The Balaban J connectivity index is 1.93. The molecular formula is C22H20ClN3O2S. The molecule has 4 aromatic rings. The fraction of sp³-hybridized carbons (Fsp3) is 0.182. The maximum absolute atomic E-state index is 12.5. The van der Waals surface area contributed by atoms with Crippen molar-refractivity contribution in [1.29, 1.82) is 0 Å². The van der Waals surface area contributed by atoms with Crippen molar-refractivity contribution in [1.82, 2.24) is 14.4 Å². The number of aromatic nitrogens is 3. The fourth-order valence-corrected chi connectivity index (χ4v) is 5.28. The molecule has 0 aliphatic heterocycles. The van der Waals surface area contributed by atoms with Crippen LogP contribution in [0.3, 0.4) is 0 Å². The highest BCUT2D eigenvalue weighted by Crippen LogP contribution is 2.35. The summed E-state index contributed by atoms with van der Waals surface area (Å²) in [6.45, 7) is 3.87. The Hall–Kier alpha value is -2.70. The number of sulfone groups is 1. The average Bonchev–Trinajstić information content (AvgIpc) is 3.07. The van der Waals surface area contributed by atoms with Crippen LogP contribution in [0.4, 0.5) is 0 Å². The number of nitrogens with zero attached hydrogens (tertiary/aromatic N) is 3. The summed E-state index contributed by atoms with van der Waals surface area (Å²) >= 11 is 6.41. The summed E-state index contributed by atoms with van der Waals surface area (Å²) < 4.78 is 26.8. The molecule has 0 fully saturated rings. The van der Waals surface area contributed by atoms with Gasteiger partial charge < -0.3 is 0 Å². The van der Waals surface area contributed by atoms with Gasteiger partial charge in [0.1, 0.15) is 0 Å². The number of rotatable bonds is 5. The van der Waals surface area contributed by atoms with Gasteiger partial charge in [-0.25, -0.2) is 18.4 Å². The van der Waals surface area contributed by atoms with Crippen molar-refractivity contribution < 1.29 is 8.42 Å². The zero-order chi connectivity index (χ0) is 20.6. The van der Waals surface area contributed by atoms with Gasteiger partial charge in [-0.1, -0.05) is 54.4 Å². The maximum Gasteiger partial charge on any atom is 0.234 e. The van der Waals surface area contributed by atoms with Crippen LogP contribution in [0.15, 0.2) is 65.8 Å². The molecule has 0 atom stereocenters. The van der Waals surface area contributed by atoms with Gasteiger partial charge in [0.15, 0.2) is 9.84 Å². The van der Waals surface area contributed by atoms with Crippen molar-refractivity contribution in [3.8, 4) is 22.5 Å². The first kappa shape index (κ1) is 19.6. The molecule has 0 amide bonds. The Morgan fingerprint density at radius 2 is 1.79 bits per heavy atom. The lowest BCUT2D eigenvalue weighted by atomic mass is 10.0. The highest BCUT2D eigenvalue weighted by atomic mass is 35.5. The average molecular weight is 426 g/mol. The third-order valence-corrected chi connectivity index (χ3v) is 7.14. The molecule has 29 heavy (non-hydrogen) atoms. The highest BCUT2D eigenvalue weighted by Gasteiger charge is 2.21. The summed E-state index contributed by atoms with van der Waals surface area (Å²) in [5.41, 5.74) is 4.48. The second kappa shape index (κ2) is 7.61. The number of hydrogen-bond acceptors (Lipinski definition) is 4. The monoisotopic (exact) mass is 425 g/mol. The molecule has 0 saturated heterocycles. The van der Waals surface area contributed by atoms with Crippen molar-refractivity contribution >= 4 is 27.2 Å². The van der Waals surface area contributed by atoms with Gasteiger partial charge in [-0.15, -0.1) is 0 Å². The molecule has 7 heteroatoms. The first-order chi connectivity index (χ1) is 13.9. The number of benzene rings is 2. The fourth-order valence-electron chi connectivity index (χ4n) is 3.35. The van der Waals surface area contributed by atoms with Crippen molar-refractivity contribution in [3.63, 3.8) is 0 Å². The Labute approximate surface area is 174 Å². The Morgan fingerprint density at radius 3 is 2.48 bits per heavy atom. The van der Waals surface area contributed by atoms with E-state index >= 15 is 0 Å². The second-order valence-corrected chi connectivity index (χ2v) is 9.41. The van der Waals surface area contributed by atoms with Crippen LogP contribution in [0.25, 0.3) is 28.3 Å². The summed E-state index contributed by atoms with van der Waals surface area (Å²) in [7, 11) is -3.40. The second-order valence-electron chi connectivity index (χ2n) is 6.93. The van der Waals surface area contributed by atoms with E-state index < -0.39 is 9.84 Å². The van der Waals surface area contributed by atoms with Crippen molar-refractivity contribution in [2.45, 2.75) is 25.2 Å². The van der Waals surface area contributed by atoms with Gasteiger partial charge in [0.2, 0.25) is 5.78 Å². The van der Waals surface area contributed by atoms with E-state index in [2.05, 4.69) is 4.98 Å². The molecule has 0 aliphatic carbocycles. The normalized spacial score (nSPS) is 11.8. The van der Waals surface area contributed by atoms with E-state index in [9.17, 15) is 8.42 Å². The van der Waals surface area contributed by atoms with Gasteiger partial charge in [0.05, 0.1) is 27.1 Å². The van der Waals surface area contributed by atoms with Gasteiger partial charge in [-0.2, -0.15) is 0 Å². The lowest BCUT2D eigenvalue weighted by molar-refractivity contribution is 0.595. The first-order valence-corrected chi connectivity index (χ1v) is 11.4. The van der Waals surface area contributed by atoms with E-state index in [0.717, 1.165) is 28.1 Å². The van der Waals surface area contributed by atoms with Gasteiger partial charge in [0.25, 0.3) is 0 Å². The number of hydrogen-bond donors (Lipinski definition) is 0. The molecule has 0 spiro atoms. The van der Waals surface area contributed by atoms with E-state index in [1.807, 2.05) is 54.8 Å². The number of fused-ring (bicyclic) bond motifs is 1. The van der Waals surface area contributed by atoms with Crippen LogP contribution in [-0.4, -0.2) is 28.5 Å². The zero-order valence-corrected chi connectivity index (χ0v) is 17.7. The minimum atomic E-state index is -3.40. The molecule has 148 valence electrons. The highest BCUT2D eigenvalue weighted by molar-refractivity contribution is 7.91. The minimum absolute atomic E-state index is 0.0697.